The van der Waals surface area contributed by atoms with Gasteiger partial charge in [-0.2, -0.15) is 0 Å². The number of rotatable bonds is 6. The van der Waals surface area contributed by atoms with Gasteiger partial charge in [0.25, 0.3) is 0 Å². The first-order chi connectivity index (χ1) is 11.5. The van der Waals surface area contributed by atoms with Gasteiger partial charge in [-0.1, -0.05) is 26.0 Å². The maximum atomic E-state index is 5.47. The number of nitrogens with one attached hydrogen (secondary N) is 1. The van der Waals surface area contributed by atoms with Gasteiger partial charge in [-0.25, -0.2) is 0 Å². The van der Waals surface area contributed by atoms with E-state index < -0.39 is 0 Å². The average Bonchev–Trinajstić information content (AvgIpc) is 3.08. The molecule has 1 N–H and O–H groups in total. The minimum atomic E-state index is -0.000475. The molecule has 1 fully saturated rings. The fourth-order valence-electron chi connectivity index (χ4n) is 3.03. The van der Waals surface area contributed by atoms with Crippen molar-refractivity contribution in [3.8, 4) is 5.75 Å². The fourth-order valence-corrected chi connectivity index (χ4v) is 3.03. The van der Waals surface area contributed by atoms with Crippen molar-refractivity contribution >= 4 is 5.96 Å². The van der Waals surface area contributed by atoms with E-state index in [2.05, 4.69) is 48.2 Å². The molecule has 5 nitrogen and oxygen atoms in total. The van der Waals surface area contributed by atoms with Gasteiger partial charge in [-0.05, 0) is 24.1 Å². The molecule has 1 saturated heterocycles. The lowest BCUT2D eigenvalue weighted by Gasteiger charge is -2.30. The van der Waals surface area contributed by atoms with E-state index in [9.17, 15) is 0 Å². The number of benzene rings is 1. The molecule has 0 radical (unpaired) electrons. The molecule has 5 heteroatoms. The Kier molecular flexibility index (Phi) is 6.49. The molecule has 0 aromatic heterocycles. The van der Waals surface area contributed by atoms with Crippen LogP contribution in [0.4, 0.5) is 0 Å². The van der Waals surface area contributed by atoms with Crippen molar-refractivity contribution in [2.75, 3.05) is 47.5 Å². The van der Waals surface area contributed by atoms with Gasteiger partial charge in [-0.15, -0.1) is 0 Å². The van der Waals surface area contributed by atoms with Crippen molar-refractivity contribution in [2.45, 2.75) is 25.7 Å². The van der Waals surface area contributed by atoms with Crippen LogP contribution in [0.1, 0.15) is 25.8 Å². The topological polar surface area (TPSA) is 46.1 Å². The summed E-state index contributed by atoms with van der Waals surface area (Å²) in [6, 6.07) is 8.28. The van der Waals surface area contributed by atoms with Crippen LogP contribution in [0.25, 0.3) is 0 Å². The molecule has 2 rings (SSSR count). The molecule has 0 amide bonds. The van der Waals surface area contributed by atoms with Crippen LogP contribution in [-0.2, 0) is 10.2 Å². The molecule has 0 spiro atoms. The molecule has 24 heavy (non-hydrogen) atoms. The first-order valence-electron chi connectivity index (χ1n) is 8.60. The molecule has 1 atom stereocenters. The molecule has 1 aliphatic heterocycles. The molecule has 134 valence electrons. The van der Waals surface area contributed by atoms with E-state index in [1.165, 1.54) is 5.56 Å². The molecule has 0 bridgehead atoms. The Morgan fingerprint density at radius 1 is 1.38 bits per heavy atom. The summed E-state index contributed by atoms with van der Waals surface area (Å²) >= 11 is 0. The number of aliphatic imine (C=N–C) groups is 1. The average molecular weight is 333 g/mol. The monoisotopic (exact) mass is 333 g/mol. The van der Waals surface area contributed by atoms with Crippen molar-refractivity contribution in [1.82, 2.24) is 10.2 Å². The first-order valence-corrected chi connectivity index (χ1v) is 8.60. The normalized spacial score (nSPS) is 18.5. The van der Waals surface area contributed by atoms with Crippen molar-refractivity contribution in [1.29, 1.82) is 0 Å². The van der Waals surface area contributed by atoms with Crippen molar-refractivity contribution in [3.05, 3.63) is 29.8 Å². The minimum absolute atomic E-state index is 0.000475. The summed E-state index contributed by atoms with van der Waals surface area (Å²) in [5, 5.41) is 3.51. The standard InChI is InChI=1S/C19H31N3O2/c1-19(2,16-6-8-17(23-5)9-7-16)14-21-18(20-3)22(4)12-15-10-11-24-13-15/h6-9,15H,10-14H2,1-5H3,(H,20,21). The summed E-state index contributed by atoms with van der Waals surface area (Å²) in [5.74, 6) is 2.42. The van der Waals surface area contributed by atoms with Crippen LogP contribution < -0.4 is 10.1 Å². The third-order valence-electron chi connectivity index (χ3n) is 4.69. The second kappa shape index (κ2) is 8.38. The number of nitrogens with zero attached hydrogens (tertiary/aromatic N) is 2. The predicted octanol–water partition coefficient (Wildman–Crippen LogP) is 2.52. The minimum Gasteiger partial charge on any atom is -0.497 e. The Morgan fingerprint density at radius 2 is 2.08 bits per heavy atom. The van der Waals surface area contributed by atoms with Gasteiger partial charge in [-0.3, -0.25) is 4.99 Å². The molecule has 1 unspecified atom stereocenters. The zero-order valence-electron chi connectivity index (χ0n) is 15.6. The van der Waals surface area contributed by atoms with Crippen LogP contribution in [0.2, 0.25) is 0 Å². The third-order valence-corrected chi connectivity index (χ3v) is 4.69. The van der Waals surface area contributed by atoms with E-state index >= 15 is 0 Å². The van der Waals surface area contributed by atoms with Gasteiger partial charge in [0, 0.05) is 45.1 Å². The number of ether oxygens (including phenoxy) is 2. The molecule has 1 aliphatic rings. The van der Waals surface area contributed by atoms with Gasteiger partial charge < -0.3 is 19.7 Å². The Labute approximate surface area is 146 Å². The van der Waals surface area contributed by atoms with E-state index in [0.717, 1.165) is 44.4 Å². The highest BCUT2D eigenvalue weighted by Crippen LogP contribution is 2.24. The largest absolute Gasteiger partial charge is 0.497 e. The summed E-state index contributed by atoms with van der Waals surface area (Å²) < 4.78 is 10.7. The lowest BCUT2D eigenvalue weighted by Crippen LogP contribution is -2.45. The highest BCUT2D eigenvalue weighted by atomic mass is 16.5. The van der Waals surface area contributed by atoms with E-state index in [0.29, 0.717) is 5.92 Å². The number of methoxy groups -OCH3 is 1. The van der Waals surface area contributed by atoms with Crippen molar-refractivity contribution in [2.24, 2.45) is 10.9 Å². The van der Waals surface area contributed by atoms with Crippen LogP contribution >= 0.6 is 0 Å². The third kappa shape index (κ3) is 4.87. The number of hydrogen-bond donors (Lipinski definition) is 1. The van der Waals surface area contributed by atoms with E-state index in [-0.39, 0.29) is 5.41 Å². The van der Waals surface area contributed by atoms with Gasteiger partial charge in [0.2, 0.25) is 0 Å². The zero-order chi connectivity index (χ0) is 17.6. The fraction of sp³-hybridized carbons (Fsp3) is 0.632. The molecule has 1 heterocycles. The van der Waals surface area contributed by atoms with E-state index in [4.69, 9.17) is 9.47 Å². The maximum Gasteiger partial charge on any atom is 0.193 e. The Morgan fingerprint density at radius 3 is 2.62 bits per heavy atom. The van der Waals surface area contributed by atoms with Crippen LogP contribution in [0.5, 0.6) is 5.75 Å². The first kappa shape index (κ1) is 18.6. The lowest BCUT2D eigenvalue weighted by atomic mass is 9.84. The SMILES string of the molecule is CN=C(NCC(C)(C)c1ccc(OC)cc1)N(C)CC1CCOC1. The highest BCUT2D eigenvalue weighted by molar-refractivity contribution is 5.79. The second-order valence-corrected chi connectivity index (χ2v) is 7.12. The highest BCUT2D eigenvalue weighted by Gasteiger charge is 2.23. The molecule has 0 saturated carbocycles. The van der Waals surface area contributed by atoms with Crippen LogP contribution in [-0.4, -0.2) is 58.4 Å². The summed E-state index contributed by atoms with van der Waals surface area (Å²) in [5.41, 5.74) is 1.28. The Balaban J connectivity index is 1.92. The van der Waals surface area contributed by atoms with E-state index in [1.54, 1.807) is 7.11 Å². The van der Waals surface area contributed by atoms with Crippen molar-refractivity contribution < 1.29 is 9.47 Å². The quantitative estimate of drug-likeness (QED) is 0.642. The van der Waals surface area contributed by atoms with E-state index in [1.807, 2.05) is 19.2 Å². The zero-order valence-corrected chi connectivity index (χ0v) is 15.6. The molecule has 1 aromatic rings. The summed E-state index contributed by atoms with van der Waals surface area (Å²) in [6.07, 6.45) is 1.14. The number of hydrogen-bond acceptors (Lipinski definition) is 3. The summed E-state index contributed by atoms with van der Waals surface area (Å²) in [4.78, 5) is 6.62. The number of guanidine groups is 1. The smallest absolute Gasteiger partial charge is 0.193 e. The lowest BCUT2D eigenvalue weighted by molar-refractivity contribution is 0.181. The Hall–Kier alpha value is -1.75. The second-order valence-electron chi connectivity index (χ2n) is 7.12. The van der Waals surface area contributed by atoms with Gasteiger partial charge in [0.1, 0.15) is 5.75 Å². The van der Waals surface area contributed by atoms with Crippen LogP contribution in [0.15, 0.2) is 29.3 Å². The van der Waals surface area contributed by atoms with Gasteiger partial charge in [0.05, 0.1) is 13.7 Å². The predicted molar refractivity (Wildman–Crippen MR) is 98.9 cm³/mol. The summed E-state index contributed by atoms with van der Waals surface area (Å²) in [6.45, 7) is 8.01. The van der Waals surface area contributed by atoms with Crippen LogP contribution in [0.3, 0.4) is 0 Å². The Bertz CT molecular complexity index is 534. The molecule has 1 aromatic carbocycles. The van der Waals surface area contributed by atoms with Gasteiger partial charge in [0.15, 0.2) is 5.96 Å². The van der Waals surface area contributed by atoms with Crippen LogP contribution in [0, 0.1) is 5.92 Å². The molecular formula is C19H31N3O2. The molecular weight excluding hydrogens is 302 g/mol. The van der Waals surface area contributed by atoms with Gasteiger partial charge >= 0.3 is 0 Å². The summed E-state index contributed by atoms with van der Waals surface area (Å²) in [7, 11) is 5.62. The molecule has 0 aliphatic carbocycles. The maximum absolute atomic E-state index is 5.47. The van der Waals surface area contributed by atoms with Crippen molar-refractivity contribution in [3.63, 3.8) is 0 Å².